The summed E-state index contributed by atoms with van der Waals surface area (Å²) in [4.78, 5) is 4.63. The highest BCUT2D eigenvalue weighted by Gasteiger charge is 2.13. The molecule has 0 fully saturated rings. The number of allylic oxidation sites excluding steroid dienone is 1. The maximum Gasteiger partial charge on any atom is 0.127 e. The first-order valence-electron chi connectivity index (χ1n) is 7.81. The summed E-state index contributed by atoms with van der Waals surface area (Å²) in [5.74, 6) is 2.73. The van der Waals surface area contributed by atoms with Gasteiger partial charge in [0.05, 0.1) is 12.3 Å². The molecule has 0 saturated carbocycles. The first-order chi connectivity index (χ1) is 10.8. The van der Waals surface area contributed by atoms with Crippen LogP contribution in [0.15, 0.2) is 45.8 Å². The van der Waals surface area contributed by atoms with Crippen LogP contribution in [0.25, 0.3) is 6.08 Å². The van der Waals surface area contributed by atoms with E-state index in [2.05, 4.69) is 24.0 Å². The van der Waals surface area contributed by atoms with E-state index in [0.717, 1.165) is 49.0 Å². The highest BCUT2D eigenvalue weighted by atomic mass is 16.5. The Hall–Kier alpha value is -2.29. The second-order valence-corrected chi connectivity index (χ2v) is 5.47. The minimum atomic E-state index is 0.761. The molecule has 0 atom stereocenters. The topological polar surface area (TPSA) is 34.7 Å². The Balaban J connectivity index is 1.80. The maximum atomic E-state index is 5.72. The van der Waals surface area contributed by atoms with Crippen LogP contribution in [0.1, 0.15) is 36.0 Å². The molecular weight excluding hydrogens is 274 g/mol. The molecule has 0 saturated heterocycles. The summed E-state index contributed by atoms with van der Waals surface area (Å²) in [5, 5.41) is 0. The average molecular weight is 295 g/mol. The zero-order valence-electron chi connectivity index (χ0n) is 13.1. The van der Waals surface area contributed by atoms with Crippen molar-refractivity contribution in [2.24, 2.45) is 4.99 Å². The predicted molar refractivity (Wildman–Crippen MR) is 89.8 cm³/mol. The number of aliphatic imine (C=N–C) groups is 1. The van der Waals surface area contributed by atoms with E-state index in [4.69, 9.17) is 9.15 Å². The molecule has 1 aliphatic rings. The lowest BCUT2D eigenvalue weighted by atomic mass is 9.97. The van der Waals surface area contributed by atoms with Crippen LogP contribution in [0.5, 0.6) is 5.75 Å². The summed E-state index contributed by atoms with van der Waals surface area (Å²) >= 11 is 0. The van der Waals surface area contributed by atoms with E-state index < -0.39 is 0 Å². The number of nitrogens with zero attached hydrogens (tertiary/aromatic N) is 1. The lowest BCUT2D eigenvalue weighted by molar-refractivity contribution is 0.317. The summed E-state index contributed by atoms with van der Waals surface area (Å²) in [5.41, 5.74) is 3.51. The highest BCUT2D eigenvalue weighted by Crippen LogP contribution is 2.23. The zero-order chi connectivity index (χ0) is 15.4. The van der Waals surface area contributed by atoms with Crippen LogP contribution in [0.4, 0.5) is 0 Å². The fraction of sp³-hybridized carbons (Fsp3) is 0.316. The number of hydrogen-bond donors (Lipinski definition) is 0. The molecule has 0 unspecified atom stereocenters. The van der Waals surface area contributed by atoms with Crippen LogP contribution in [0, 0.1) is 6.92 Å². The van der Waals surface area contributed by atoms with Crippen LogP contribution >= 0.6 is 0 Å². The van der Waals surface area contributed by atoms with Gasteiger partial charge in [-0.15, -0.1) is 0 Å². The SMILES string of the molecule is CCCOc1ccc2c(c1)CCN=C2C=Cc1ccc(C)o1. The molecule has 0 amide bonds. The highest BCUT2D eigenvalue weighted by molar-refractivity contribution is 6.12. The van der Waals surface area contributed by atoms with E-state index in [1.807, 2.05) is 37.3 Å². The molecular formula is C19H21NO2. The average Bonchev–Trinajstić information content (AvgIpc) is 2.96. The molecule has 0 bridgehead atoms. The monoisotopic (exact) mass is 295 g/mol. The second-order valence-electron chi connectivity index (χ2n) is 5.47. The van der Waals surface area contributed by atoms with Gasteiger partial charge in [0.15, 0.2) is 0 Å². The Kier molecular flexibility index (Phi) is 4.42. The molecule has 1 aromatic carbocycles. The first-order valence-corrected chi connectivity index (χ1v) is 7.81. The van der Waals surface area contributed by atoms with Gasteiger partial charge < -0.3 is 9.15 Å². The van der Waals surface area contributed by atoms with E-state index in [0.29, 0.717) is 0 Å². The molecule has 2 heterocycles. The zero-order valence-corrected chi connectivity index (χ0v) is 13.1. The molecule has 3 rings (SSSR count). The van der Waals surface area contributed by atoms with E-state index in [1.54, 1.807) is 0 Å². The van der Waals surface area contributed by atoms with Crippen molar-refractivity contribution in [2.45, 2.75) is 26.7 Å². The van der Waals surface area contributed by atoms with Crippen molar-refractivity contribution < 1.29 is 9.15 Å². The Bertz CT molecular complexity index is 710. The Morgan fingerprint density at radius 3 is 2.91 bits per heavy atom. The van der Waals surface area contributed by atoms with E-state index in [1.165, 1.54) is 11.1 Å². The van der Waals surface area contributed by atoms with Gasteiger partial charge in [-0.05, 0) is 67.8 Å². The molecule has 114 valence electrons. The van der Waals surface area contributed by atoms with Crippen LogP contribution in [-0.2, 0) is 6.42 Å². The van der Waals surface area contributed by atoms with E-state index >= 15 is 0 Å². The lowest BCUT2D eigenvalue weighted by Gasteiger charge is -2.16. The quantitative estimate of drug-likeness (QED) is 0.817. The molecule has 0 N–H and O–H groups in total. The van der Waals surface area contributed by atoms with Crippen LogP contribution in [0.2, 0.25) is 0 Å². The van der Waals surface area contributed by atoms with Gasteiger partial charge in [0.1, 0.15) is 17.3 Å². The molecule has 2 aromatic rings. The summed E-state index contributed by atoms with van der Waals surface area (Å²) in [7, 11) is 0. The molecule has 3 heteroatoms. The van der Waals surface area contributed by atoms with Gasteiger partial charge in [-0.3, -0.25) is 4.99 Å². The number of hydrogen-bond acceptors (Lipinski definition) is 3. The van der Waals surface area contributed by atoms with Crippen molar-refractivity contribution >= 4 is 11.8 Å². The second kappa shape index (κ2) is 6.65. The molecule has 0 radical (unpaired) electrons. The molecule has 0 aliphatic carbocycles. The van der Waals surface area contributed by atoms with Crippen LogP contribution in [-0.4, -0.2) is 18.9 Å². The summed E-state index contributed by atoms with van der Waals surface area (Å²) < 4.78 is 11.3. The van der Waals surface area contributed by atoms with Crippen molar-refractivity contribution in [2.75, 3.05) is 13.2 Å². The van der Waals surface area contributed by atoms with Crippen molar-refractivity contribution in [3.63, 3.8) is 0 Å². The van der Waals surface area contributed by atoms with Crippen molar-refractivity contribution in [3.8, 4) is 5.75 Å². The number of aryl methyl sites for hydroxylation is 1. The van der Waals surface area contributed by atoms with Gasteiger partial charge in [0, 0.05) is 12.1 Å². The number of furan rings is 1. The van der Waals surface area contributed by atoms with Gasteiger partial charge in [-0.2, -0.15) is 0 Å². The number of benzene rings is 1. The minimum Gasteiger partial charge on any atom is -0.494 e. The number of fused-ring (bicyclic) bond motifs is 1. The molecule has 0 spiro atoms. The Morgan fingerprint density at radius 1 is 1.23 bits per heavy atom. The fourth-order valence-corrected chi connectivity index (χ4v) is 2.57. The predicted octanol–water partition coefficient (Wildman–Crippen LogP) is 4.44. The van der Waals surface area contributed by atoms with Crippen molar-refractivity contribution in [3.05, 3.63) is 59.1 Å². The maximum absolute atomic E-state index is 5.72. The van der Waals surface area contributed by atoms with Crippen LogP contribution < -0.4 is 4.74 Å². The Morgan fingerprint density at radius 2 is 2.14 bits per heavy atom. The van der Waals surface area contributed by atoms with Crippen molar-refractivity contribution in [1.29, 1.82) is 0 Å². The van der Waals surface area contributed by atoms with Gasteiger partial charge in [-0.25, -0.2) is 0 Å². The molecule has 1 aliphatic heterocycles. The molecule has 3 nitrogen and oxygen atoms in total. The lowest BCUT2D eigenvalue weighted by Crippen LogP contribution is -2.11. The van der Waals surface area contributed by atoms with Gasteiger partial charge >= 0.3 is 0 Å². The summed E-state index contributed by atoms with van der Waals surface area (Å²) in [6.07, 6.45) is 6.00. The largest absolute Gasteiger partial charge is 0.494 e. The third kappa shape index (κ3) is 3.30. The summed E-state index contributed by atoms with van der Waals surface area (Å²) in [6.45, 7) is 5.64. The normalized spacial score (nSPS) is 14.0. The van der Waals surface area contributed by atoms with E-state index in [9.17, 15) is 0 Å². The van der Waals surface area contributed by atoms with Gasteiger partial charge in [0.2, 0.25) is 0 Å². The molecule has 22 heavy (non-hydrogen) atoms. The Labute approximate surface area is 131 Å². The van der Waals surface area contributed by atoms with Gasteiger partial charge in [0.25, 0.3) is 0 Å². The van der Waals surface area contributed by atoms with Crippen LogP contribution in [0.3, 0.4) is 0 Å². The fourth-order valence-electron chi connectivity index (χ4n) is 2.57. The third-order valence-corrected chi connectivity index (χ3v) is 3.66. The molecule has 1 aromatic heterocycles. The standard InChI is InChI=1S/C19H21NO2/c1-3-12-21-17-6-8-18-15(13-17)10-11-20-19(18)9-7-16-5-4-14(2)22-16/h4-9,13H,3,10-12H2,1-2H3. The smallest absolute Gasteiger partial charge is 0.127 e. The summed E-state index contributed by atoms with van der Waals surface area (Å²) in [6, 6.07) is 10.2. The first kappa shape index (κ1) is 14.6. The van der Waals surface area contributed by atoms with Crippen molar-refractivity contribution in [1.82, 2.24) is 0 Å². The van der Waals surface area contributed by atoms with E-state index in [-0.39, 0.29) is 0 Å². The van der Waals surface area contributed by atoms with Gasteiger partial charge in [-0.1, -0.05) is 6.92 Å². The third-order valence-electron chi connectivity index (χ3n) is 3.66. The number of rotatable bonds is 5. The number of ether oxygens (including phenoxy) is 1. The minimum absolute atomic E-state index is 0.761.